The smallest absolute Gasteiger partial charge is 0.0502 e. The van der Waals surface area contributed by atoms with Crippen LogP contribution in [0.1, 0.15) is 39.5 Å². The van der Waals surface area contributed by atoms with Gasteiger partial charge >= 0.3 is 0 Å². The first kappa shape index (κ1) is 19.4. The number of aliphatic hydroxyl groups is 1. The van der Waals surface area contributed by atoms with Crippen molar-refractivity contribution in [3.8, 4) is 0 Å². The van der Waals surface area contributed by atoms with Crippen LogP contribution in [0, 0.1) is 29.1 Å². The third-order valence-electron chi connectivity index (χ3n) is 7.67. The summed E-state index contributed by atoms with van der Waals surface area (Å²) in [5.41, 5.74) is 8.73. The van der Waals surface area contributed by atoms with Crippen molar-refractivity contribution >= 4 is 0 Å². The number of hydrogen-bond acceptors (Lipinski definition) is 4. The number of hydrazine groups is 1. The van der Waals surface area contributed by atoms with Crippen LogP contribution in [-0.2, 0) is 0 Å². The molecule has 1 aliphatic heterocycles. The second-order valence-electron chi connectivity index (χ2n) is 9.77. The van der Waals surface area contributed by atoms with Crippen LogP contribution >= 0.6 is 0 Å². The third-order valence-corrected chi connectivity index (χ3v) is 7.67. The average Bonchev–Trinajstić information content (AvgIpc) is 3.44. The first-order valence-corrected chi connectivity index (χ1v) is 10.8. The highest BCUT2D eigenvalue weighted by Crippen LogP contribution is 2.43. The number of hydrogen-bond donors (Lipinski definition) is 2. The maximum atomic E-state index is 9.75. The largest absolute Gasteiger partial charge is 0.396 e. The van der Waals surface area contributed by atoms with Gasteiger partial charge in [-0.3, -0.25) is 0 Å². The van der Waals surface area contributed by atoms with Gasteiger partial charge in [-0.25, -0.2) is 10.0 Å². The van der Waals surface area contributed by atoms with Gasteiger partial charge in [-0.15, -0.1) is 0 Å². The first-order valence-electron chi connectivity index (χ1n) is 10.8. The monoisotopic (exact) mass is 371 g/mol. The van der Waals surface area contributed by atoms with Crippen LogP contribution in [0.4, 0.5) is 0 Å². The topological polar surface area (TPSA) is 52.7 Å². The summed E-state index contributed by atoms with van der Waals surface area (Å²) in [4.78, 5) is 0. The summed E-state index contributed by atoms with van der Waals surface area (Å²) in [7, 11) is 2.29. The van der Waals surface area contributed by atoms with E-state index in [1.54, 1.807) is 0 Å². The Kier molecular flexibility index (Phi) is 5.36. The maximum absolute atomic E-state index is 9.75. The van der Waals surface area contributed by atoms with Gasteiger partial charge in [-0.1, -0.05) is 36.8 Å². The molecule has 4 rings (SSSR count). The summed E-state index contributed by atoms with van der Waals surface area (Å²) in [6.45, 7) is 7.57. The molecule has 0 aromatic carbocycles. The molecule has 0 bridgehead atoms. The molecular formula is C23H37N3O. The predicted octanol–water partition coefficient (Wildman–Crippen LogP) is 2.97. The highest BCUT2D eigenvalue weighted by molar-refractivity contribution is 5.34. The van der Waals surface area contributed by atoms with Crippen LogP contribution in [0.5, 0.6) is 0 Å². The second-order valence-corrected chi connectivity index (χ2v) is 9.77. The molecule has 0 radical (unpaired) electrons. The van der Waals surface area contributed by atoms with Crippen molar-refractivity contribution in [2.45, 2.75) is 45.6 Å². The Bertz CT molecular complexity index is 644. The zero-order valence-corrected chi connectivity index (χ0v) is 17.3. The molecule has 0 amide bonds. The van der Waals surface area contributed by atoms with Crippen molar-refractivity contribution in [1.82, 2.24) is 10.0 Å². The summed E-state index contributed by atoms with van der Waals surface area (Å²) >= 11 is 0. The Labute approximate surface area is 164 Å². The number of likely N-dealkylation sites (N-methyl/N-ethyl adjacent to an activating group) is 1. The molecule has 5 atom stereocenters. The lowest BCUT2D eigenvalue weighted by Crippen LogP contribution is -2.41. The van der Waals surface area contributed by atoms with Crippen molar-refractivity contribution < 1.29 is 5.11 Å². The summed E-state index contributed by atoms with van der Waals surface area (Å²) < 4.78 is 0. The maximum Gasteiger partial charge on any atom is 0.0502 e. The fourth-order valence-electron chi connectivity index (χ4n) is 5.46. The van der Waals surface area contributed by atoms with Gasteiger partial charge in [0.05, 0.1) is 6.61 Å². The van der Waals surface area contributed by atoms with E-state index >= 15 is 0 Å². The van der Waals surface area contributed by atoms with E-state index in [0.717, 1.165) is 18.3 Å². The molecule has 0 aromatic rings. The van der Waals surface area contributed by atoms with Gasteiger partial charge in [-0.2, -0.15) is 0 Å². The molecule has 1 heterocycles. The van der Waals surface area contributed by atoms with E-state index in [0.29, 0.717) is 24.4 Å². The van der Waals surface area contributed by atoms with Crippen LogP contribution < -0.4 is 5.73 Å². The summed E-state index contributed by atoms with van der Waals surface area (Å²) in [6, 6.07) is 0.593. The van der Waals surface area contributed by atoms with E-state index in [1.165, 1.54) is 43.5 Å². The van der Waals surface area contributed by atoms with E-state index < -0.39 is 0 Å². The van der Waals surface area contributed by atoms with Crippen molar-refractivity contribution in [3.05, 3.63) is 35.5 Å². The average molecular weight is 372 g/mol. The molecule has 4 heteroatoms. The van der Waals surface area contributed by atoms with E-state index in [-0.39, 0.29) is 12.0 Å². The molecule has 3 aliphatic carbocycles. The van der Waals surface area contributed by atoms with Crippen LogP contribution in [-0.4, -0.2) is 54.5 Å². The molecule has 0 spiro atoms. The van der Waals surface area contributed by atoms with Crippen LogP contribution in [0.2, 0.25) is 0 Å². The zero-order valence-electron chi connectivity index (χ0n) is 17.3. The zero-order chi connectivity index (χ0) is 19.2. The number of allylic oxidation sites excluding steroid dienone is 5. The molecule has 0 aromatic heterocycles. The van der Waals surface area contributed by atoms with Gasteiger partial charge in [0.2, 0.25) is 0 Å². The quantitative estimate of drug-likeness (QED) is 0.705. The Hall–Kier alpha value is -0.940. The molecule has 4 aliphatic rings. The molecule has 27 heavy (non-hydrogen) atoms. The van der Waals surface area contributed by atoms with Gasteiger partial charge in [-0.05, 0) is 55.9 Å². The fourth-order valence-corrected chi connectivity index (χ4v) is 5.46. The van der Waals surface area contributed by atoms with Crippen LogP contribution in [0.3, 0.4) is 0 Å². The Morgan fingerprint density at radius 1 is 1.33 bits per heavy atom. The predicted molar refractivity (Wildman–Crippen MR) is 111 cm³/mol. The number of nitrogens with two attached hydrogens (primary N) is 1. The molecule has 3 N–H and O–H groups in total. The lowest BCUT2D eigenvalue weighted by atomic mass is 9.71. The summed E-state index contributed by atoms with van der Waals surface area (Å²) in [6.07, 6.45) is 14.6. The minimum atomic E-state index is -0.209. The molecule has 1 saturated heterocycles. The van der Waals surface area contributed by atoms with Crippen molar-refractivity contribution in [1.29, 1.82) is 0 Å². The van der Waals surface area contributed by atoms with Gasteiger partial charge in [0, 0.05) is 44.1 Å². The number of rotatable bonds is 6. The van der Waals surface area contributed by atoms with Crippen LogP contribution in [0.15, 0.2) is 35.5 Å². The standard InChI is InChI=1S/C23H37N3O/c1-16-10-19(18-6-8-21(9-7-18)23(2,14-24)15-27)11-20-13-26(12-17-4-5-17)25(3)22(16)20/h6-8,10,17,19-22,27H,4-5,9,11-15,24H2,1-3H3/t19-,20?,21?,22?,23?/m0/s1. The number of fused-ring (bicyclic) bond motifs is 1. The van der Waals surface area contributed by atoms with Crippen molar-refractivity contribution in [3.63, 3.8) is 0 Å². The Morgan fingerprint density at radius 2 is 2.11 bits per heavy atom. The SMILES string of the molecule is CC1=C[C@H](C2=CCC(C(C)(CN)CO)C=C2)CC2CN(CC3CC3)N(C)C12. The molecule has 150 valence electrons. The van der Waals surface area contributed by atoms with E-state index in [4.69, 9.17) is 5.73 Å². The minimum absolute atomic E-state index is 0.150. The lowest BCUT2D eigenvalue weighted by Gasteiger charge is -2.37. The summed E-state index contributed by atoms with van der Waals surface area (Å²) in [5.74, 6) is 2.56. The van der Waals surface area contributed by atoms with Gasteiger partial charge in [0.1, 0.15) is 0 Å². The third kappa shape index (κ3) is 3.69. The Morgan fingerprint density at radius 3 is 2.70 bits per heavy atom. The Balaban J connectivity index is 1.44. The molecule has 4 unspecified atom stereocenters. The van der Waals surface area contributed by atoms with E-state index in [9.17, 15) is 5.11 Å². The lowest BCUT2D eigenvalue weighted by molar-refractivity contribution is 0.0294. The number of aliphatic hydroxyl groups excluding tert-OH is 1. The van der Waals surface area contributed by atoms with Gasteiger partial charge in [0.25, 0.3) is 0 Å². The molecular weight excluding hydrogens is 334 g/mol. The number of nitrogens with zero attached hydrogens (tertiary/aromatic N) is 2. The van der Waals surface area contributed by atoms with Crippen molar-refractivity contribution in [2.75, 3.05) is 33.3 Å². The minimum Gasteiger partial charge on any atom is -0.396 e. The van der Waals surface area contributed by atoms with Gasteiger partial charge < -0.3 is 10.8 Å². The normalized spacial score (nSPS) is 36.9. The van der Waals surface area contributed by atoms with E-state index in [2.05, 4.69) is 55.2 Å². The van der Waals surface area contributed by atoms with Gasteiger partial charge in [0.15, 0.2) is 0 Å². The first-order chi connectivity index (χ1) is 12.9. The molecule has 4 nitrogen and oxygen atoms in total. The highest BCUT2D eigenvalue weighted by Gasteiger charge is 2.43. The van der Waals surface area contributed by atoms with Crippen LogP contribution in [0.25, 0.3) is 0 Å². The molecule has 1 saturated carbocycles. The molecule has 2 fully saturated rings. The fraction of sp³-hybridized carbons (Fsp3) is 0.739. The summed E-state index contributed by atoms with van der Waals surface area (Å²) in [5, 5.41) is 14.9. The van der Waals surface area contributed by atoms with Crippen molar-refractivity contribution in [2.24, 2.45) is 34.8 Å². The van der Waals surface area contributed by atoms with E-state index in [1.807, 2.05) is 0 Å². The second kappa shape index (κ2) is 7.47. The highest BCUT2D eigenvalue weighted by atomic mass is 16.3.